The number of hydrogen-bond acceptors (Lipinski definition) is 2. The lowest BCUT2D eigenvalue weighted by Crippen LogP contribution is -2.50. The van der Waals surface area contributed by atoms with Crippen LogP contribution in [-0.4, -0.2) is 36.5 Å². The first-order valence-corrected chi connectivity index (χ1v) is 6.83. The molecule has 0 aromatic heterocycles. The third-order valence-electron chi connectivity index (χ3n) is 4.11. The molecule has 0 spiro atoms. The molecule has 0 unspecified atom stereocenters. The third-order valence-corrected chi connectivity index (χ3v) is 4.11. The van der Waals surface area contributed by atoms with E-state index < -0.39 is 0 Å². The van der Waals surface area contributed by atoms with Crippen molar-refractivity contribution in [2.75, 3.05) is 19.6 Å². The number of carbonyl (C=O) groups excluding carboxylic acids is 1. The van der Waals surface area contributed by atoms with Crippen LogP contribution in [0.5, 0.6) is 0 Å². The van der Waals surface area contributed by atoms with Crippen LogP contribution in [0.25, 0.3) is 0 Å². The van der Waals surface area contributed by atoms with E-state index in [-0.39, 0.29) is 6.04 Å². The molecule has 1 amide bonds. The van der Waals surface area contributed by atoms with Crippen LogP contribution in [0.15, 0.2) is 0 Å². The van der Waals surface area contributed by atoms with Crippen molar-refractivity contribution < 1.29 is 4.79 Å². The number of nitrogens with one attached hydrogen (secondary N) is 1. The minimum atomic E-state index is 0.118. The predicted octanol–water partition coefficient (Wildman–Crippen LogP) is 1.78. The Kier molecular flexibility index (Phi) is 4.22. The molecule has 0 radical (unpaired) electrons. The number of amides is 1. The lowest BCUT2D eigenvalue weighted by molar-refractivity contribution is -0.135. The molecule has 0 aromatic rings. The van der Waals surface area contributed by atoms with Crippen LogP contribution < -0.4 is 5.32 Å². The molecule has 2 aliphatic heterocycles. The SMILES string of the molecule is CCC1CCN(C(=O)[C@@H]2CCCCN2)CC1. The van der Waals surface area contributed by atoms with E-state index in [1.165, 1.54) is 32.1 Å². The second kappa shape index (κ2) is 5.67. The van der Waals surface area contributed by atoms with Gasteiger partial charge in [0.05, 0.1) is 6.04 Å². The van der Waals surface area contributed by atoms with Gasteiger partial charge in [-0.05, 0) is 38.1 Å². The average molecular weight is 224 g/mol. The van der Waals surface area contributed by atoms with Crippen molar-refractivity contribution in [2.45, 2.75) is 51.5 Å². The van der Waals surface area contributed by atoms with Gasteiger partial charge in [0.2, 0.25) is 5.91 Å². The largest absolute Gasteiger partial charge is 0.341 e. The van der Waals surface area contributed by atoms with Gasteiger partial charge in [-0.25, -0.2) is 0 Å². The van der Waals surface area contributed by atoms with Gasteiger partial charge in [0.25, 0.3) is 0 Å². The molecule has 16 heavy (non-hydrogen) atoms. The molecule has 2 rings (SSSR count). The van der Waals surface area contributed by atoms with Crippen molar-refractivity contribution in [2.24, 2.45) is 5.92 Å². The van der Waals surface area contributed by atoms with E-state index in [0.717, 1.165) is 32.0 Å². The van der Waals surface area contributed by atoms with Crippen LogP contribution in [0, 0.1) is 5.92 Å². The highest BCUT2D eigenvalue weighted by Gasteiger charge is 2.28. The number of likely N-dealkylation sites (tertiary alicyclic amines) is 1. The van der Waals surface area contributed by atoms with Crippen LogP contribution in [-0.2, 0) is 4.79 Å². The molecular weight excluding hydrogens is 200 g/mol. The highest BCUT2D eigenvalue weighted by molar-refractivity contribution is 5.82. The van der Waals surface area contributed by atoms with E-state index >= 15 is 0 Å². The highest BCUT2D eigenvalue weighted by Crippen LogP contribution is 2.21. The molecular formula is C13H24N2O. The van der Waals surface area contributed by atoms with Gasteiger partial charge in [-0.3, -0.25) is 4.79 Å². The summed E-state index contributed by atoms with van der Waals surface area (Å²) in [5, 5.41) is 3.35. The van der Waals surface area contributed by atoms with E-state index in [4.69, 9.17) is 0 Å². The molecule has 3 heteroatoms. The molecule has 1 atom stereocenters. The highest BCUT2D eigenvalue weighted by atomic mass is 16.2. The maximum Gasteiger partial charge on any atom is 0.239 e. The molecule has 0 saturated carbocycles. The average Bonchev–Trinajstić information content (AvgIpc) is 2.39. The third kappa shape index (κ3) is 2.76. The minimum Gasteiger partial charge on any atom is -0.341 e. The Bertz CT molecular complexity index is 228. The topological polar surface area (TPSA) is 32.3 Å². The standard InChI is InChI=1S/C13H24N2O/c1-2-11-6-9-15(10-7-11)13(16)12-5-3-4-8-14-12/h11-12,14H,2-10H2,1H3/t12-/m0/s1. The quantitative estimate of drug-likeness (QED) is 0.775. The normalized spacial score (nSPS) is 28.1. The van der Waals surface area contributed by atoms with E-state index in [1.54, 1.807) is 0 Å². The lowest BCUT2D eigenvalue weighted by Gasteiger charge is -2.35. The van der Waals surface area contributed by atoms with Crippen molar-refractivity contribution >= 4 is 5.91 Å². The van der Waals surface area contributed by atoms with Crippen LogP contribution in [0.3, 0.4) is 0 Å². The summed E-state index contributed by atoms with van der Waals surface area (Å²) in [6, 6.07) is 0.118. The summed E-state index contributed by atoms with van der Waals surface area (Å²) in [4.78, 5) is 14.3. The summed E-state index contributed by atoms with van der Waals surface area (Å²) < 4.78 is 0. The Balaban J connectivity index is 1.81. The van der Waals surface area contributed by atoms with Crippen molar-refractivity contribution in [3.63, 3.8) is 0 Å². The van der Waals surface area contributed by atoms with Gasteiger partial charge in [0.1, 0.15) is 0 Å². The molecule has 3 nitrogen and oxygen atoms in total. The van der Waals surface area contributed by atoms with Gasteiger partial charge in [0.15, 0.2) is 0 Å². The summed E-state index contributed by atoms with van der Waals surface area (Å²) in [7, 11) is 0. The first-order chi connectivity index (χ1) is 7.81. The molecule has 2 fully saturated rings. The molecule has 0 aliphatic carbocycles. The fourth-order valence-corrected chi connectivity index (χ4v) is 2.84. The summed E-state index contributed by atoms with van der Waals surface area (Å²) in [6.45, 7) is 5.23. The second-order valence-electron chi connectivity index (χ2n) is 5.18. The lowest BCUT2D eigenvalue weighted by atomic mass is 9.93. The van der Waals surface area contributed by atoms with Gasteiger partial charge in [-0.1, -0.05) is 19.8 Å². The molecule has 2 saturated heterocycles. The van der Waals surface area contributed by atoms with Crippen LogP contribution in [0.4, 0.5) is 0 Å². The summed E-state index contributed by atoms with van der Waals surface area (Å²) in [5.74, 6) is 1.21. The van der Waals surface area contributed by atoms with E-state index in [9.17, 15) is 4.79 Å². The molecule has 0 aromatic carbocycles. The number of piperidine rings is 2. The fraction of sp³-hybridized carbons (Fsp3) is 0.923. The molecule has 1 N–H and O–H groups in total. The van der Waals surface area contributed by atoms with Crippen molar-refractivity contribution in [3.05, 3.63) is 0 Å². The second-order valence-corrected chi connectivity index (χ2v) is 5.18. The van der Waals surface area contributed by atoms with E-state index in [1.807, 2.05) is 0 Å². The van der Waals surface area contributed by atoms with Gasteiger partial charge >= 0.3 is 0 Å². The Morgan fingerprint density at radius 3 is 2.56 bits per heavy atom. The zero-order valence-corrected chi connectivity index (χ0v) is 10.4. The molecule has 92 valence electrons. The molecule has 0 bridgehead atoms. The first kappa shape index (κ1) is 11.9. The molecule has 2 aliphatic rings. The van der Waals surface area contributed by atoms with Gasteiger partial charge in [-0.15, -0.1) is 0 Å². The maximum atomic E-state index is 12.2. The predicted molar refractivity (Wildman–Crippen MR) is 65.2 cm³/mol. The van der Waals surface area contributed by atoms with E-state index in [2.05, 4.69) is 17.1 Å². The zero-order valence-electron chi connectivity index (χ0n) is 10.4. The van der Waals surface area contributed by atoms with Crippen molar-refractivity contribution in [3.8, 4) is 0 Å². The smallest absolute Gasteiger partial charge is 0.239 e. The van der Waals surface area contributed by atoms with E-state index in [0.29, 0.717) is 5.91 Å². The summed E-state index contributed by atoms with van der Waals surface area (Å²) in [6.07, 6.45) is 7.14. The number of nitrogens with zero attached hydrogens (tertiary/aromatic N) is 1. The van der Waals surface area contributed by atoms with Gasteiger partial charge in [-0.2, -0.15) is 0 Å². The van der Waals surface area contributed by atoms with Crippen LogP contribution in [0.2, 0.25) is 0 Å². The van der Waals surface area contributed by atoms with Gasteiger partial charge in [0, 0.05) is 13.1 Å². The molecule has 2 heterocycles. The van der Waals surface area contributed by atoms with Crippen LogP contribution >= 0.6 is 0 Å². The van der Waals surface area contributed by atoms with Gasteiger partial charge < -0.3 is 10.2 Å². The maximum absolute atomic E-state index is 12.2. The zero-order chi connectivity index (χ0) is 11.4. The Hall–Kier alpha value is -0.570. The van der Waals surface area contributed by atoms with Crippen LogP contribution in [0.1, 0.15) is 45.4 Å². The fourth-order valence-electron chi connectivity index (χ4n) is 2.84. The minimum absolute atomic E-state index is 0.118. The Labute approximate surface area is 98.6 Å². The summed E-state index contributed by atoms with van der Waals surface area (Å²) >= 11 is 0. The summed E-state index contributed by atoms with van der Waals surface area (Å²) in [5.41, 5.74) is 0. The first-order valence-electron chi connectivity index (χ1n) is 6.83. The van der Waals surface area contributed by atoms with Crippen molar-refractivity contribution in [1.82, 2.24) is 10.2 Å². The number of rotatable bonds is 2. The Morgan fingerprint density at radius 1 is 1.25 bits per heavy atom. The monoisotopic (exact) mass is 224 g/mol. The number of hydrogen-bond donors (Lipinski definition) is 1. The Morgan fingerprint density at radius 2 is 2.00 bits per heavy atom. The van der Waals surface area contributed by atoms with Crippen molar-refractivity contribution in [1.29, 1.82) is 0 Å². The number of carbonyl (C=O) groups is 1.